The Hall–Kier alpha value is -2.76. The molecule has 0 N–H and O–H groups in total. The summed E-state index contributed by atoms with van der Waals surface area (Å²) < 4.78 is 93.4. The van der Waals surface area contributed by atoms with Gasteiger partial charge in [0.15, 0.2) is 0 Å². The standard InChI is InChI=1S/C12H4F5NO5S/c13-7-8(14)10(16)12(11(17)9(7)15)23-24(21,22)6-3-1-5(2-4-6)18(19)20/h1-4H. The molecule has 2 aromatic carbocycles. The average molecular weight is 369 g/mol. The van der Waals surface area contributed by atoms with Crippen LogP contribution in [0.2, 0.25) is 0 Å². The minimum absolute atomic E-state index is 0.495. The van der Waals surface area contributed by atoms with Gasteiger partial charge in [0.25, 0.3) is 5.69 Å². The fourth-order valence-corrected chi connectivity index (χ4v) is 2.48. The summed E-state index contributed by atoms with van der Waals surface area (Å²) in [5.74, 6) is -14.2. The summed E-state index contributed by atoms with van der Waals surface area (Å²) in [5, 5.41) is 10.5. The molecular weight excluding hydrogens is 365 g/mol. The highest BCUT2D eigenvalue weighted by Gasteiger charge is 2.31. The highest BCUT2D eigenvalue weighted by atomic mass is 32.2. The van der Waals surface area contributed by atoms with Crippen molar-refractivity contribution >= 4 is 15.8 Å². The van der Waals surface area contributed by atoms with Crippen LogP contribution in [0.15, 0.2) is 29.2 Å². The van der Waals surface area contributed by atoms with Gasteiger partial charge in [-0.25, -0.2) is 13.2 Å². The lowest BCUT2D eigenvalue weighted by atomic mass is 10.3. The van der Waals surface area contributed by atoms with Crippen molar-refractivity contribution in [3.05, 3.63) is 63.5 Å². The second-order valence-corrected chi connectivity index (χ2v) is 5.73. The quantitative estimate of drug-likeness (QED) is 0.206. The number of nitro groups is 1. The number of hydrogen-bond acceptors (Lipinski definition) is 5. The van der Waals surface area contributed by atoms with Crippen molar-refractivity contribution in [3.63, 3.8) is 0 Å². The predicted octanol–water partition coefficient (Wildman–Crippen LogP) is 3.06. The third kappa shape index (κ3) is 2.99. The smallest absolute Gasteiger partial charge is 0.339 e. The molecule has 0 spiro atoms. The molecule has 0 bridgehead atoms. The zero-order valence-corrected chi connectivity index (χ0v) is 11.9. The first-order valence-corrected chi connectivity index (χ1v) is 7.17. The van der Waals surface area contributed by atoms with Crippen LogP contribution in [0, 0.1) is 39.2 Å². The highest BCUT2D eigenvalue weighted by Crippen LogP contribution is 2.31. The fourth-order valence-electron chi connectivity index (χ4n) is 1.55. The number of nitro benzene ring substituents is 1. The van der Waals surface area contributed by atoms with Crippen molar-refractivity contribution in [2.24, 2.45) is 0 Å². The molecule has 128 valence electrons. The molecule has 0 saturated heterocycles. The van der Waals surface area contributed by atoms with Crippen LogP contribution in [0.5, 0.6) is 5.75 Å². The average Bonchev–Trinajstić information content (AvgIpc) is 2.55. The normalized spacial score (nSPS) is 11.4. The third-order valence-corrected chi connectivity index (χ3v) is 3.93. The van der Waals surface area contributed by atoms with Crippen LogP contribution in [-0.4, -0.2) is 13.3 Å². The van der Waals surface area contributed by atoms with Crippen LogP contribution in [0.3, 0.4) is 0 Å². The van der Waals surface area contributed by atoms with Gasteiger partial charge in [-0.15, -0.1) is 0 Å². The van der Waals surface area contributed by atoms with E-state index in [0.29, 0.717) is 12.1 Å². The molecule has 0 unspecified atom stereocenters. The lowest BCUT2D eigenvalue weighted by Gasteiger charge is -2.10. The lowest BCUT2D eigenvalue weighted by Crippen LogP contribution is -2.14. The Labute approximate surface area is 130 Å². The summed E-state index contributed by atoms with van der Waals surface area (Å²) in [7, 11) is -5.01. The number of nitrogens with zero attached hydrogens (tertiary/aromatic N) is 1. The largest absolute Gasteiger partial charge is 0.372 e. The number of halogens is 5. The van der Waals surface area contributed by atoms with Gasteiger partial charge < -0.3 is 4.18 Å². The molecule has 0 aliphatic heterocycles. The summed E-state index contributed by atoms with van der Waals surface area (Å²) >= 11 is 0. The molecule has 24 heavy (non-hydrogen) atoms. The summed E-state index contributed by atoms with van der Waals surface area (Å²) in [6.45, 7) is 0. The number of benzene rings is 2. The summed E-state index contributed by atoms with van der Waals surface area (Å²) in [5.41, 5.74) is -0.495. The topological polar surface area (TPSA) is 86.5 Å². The summed E-state index contributed by atoms with van der Waals surface area (Å²) in [6, 6.07) is 2.82. The Morgan fingerprint density at radius 2 is 1.25 bits per heavy atom. The molecular formula is C12H4F5NO5S. The van der Waals surface area contributed by atoms with Crippen LogP contribution in [0.4, 0.5) is 27.6 Å². The van der Waals surface area contributed by atoms with Crippen molar-refractivity contribution in [1.29, 1.82) is 0 Å². The first kappa shape index (κ1) is 17.6. The van der Waals surface area contributed by atoms with Gasteiger partial charge in [-0.3, -0.25) is 10.1 Å². The minimum atomic E-state index is -5.01. The monoisotopic (exact) mass is 369 g/mol. The second-order valence-electron chi connectivity index (χ2n) is 4.19. The Morgan fingerprint density at radius 1 is 0.833 bits per heavy atom. The van der Waals surface area contributed by atoms with Crippen molar-refractivity contribution < 1.29 is 39.5 Å². The zero-order valence-electron chi connectivity index (χ0n) is 11.1. The fraction of sp³-hybridized carbons (Fsp3) is 0. The van der Waals surface area contributed by atoms with Gasteiger partial charge in [-0.1, -0.05) is 0 Å². The van der Waals surface area contributed by atoms with Crippen LogP contribution in [0.25, 0.3) is 0 Å². The SMILES string of the molecule is O=[N+]([O-])c1ccc(S(=O)(=O)Oc2c(F)c(F)c(F)c(F)c2F)cc1. The van der Waals surface area contributed by atoms with Crippen LogP contribution < -0.4 is 4.18 Å². The molecule has 0 saturated carbocycles. The van der Waals surface area contributed by atoms with Gasteiger partial charge in [-0.05, 0) is 12.1 Å². The van der Waals surface area contributed by atoms with Crippen molar-refractivity contribution in [3.8, 4) is 5.75 Å². The second kappa shape index (κ2) is 6.03. The third-order valence-electron chi connectivity index (χ3n) is 2.70. The van der Waals surface area contributed by atoms with E-state index >= 15 is 0 Å². The molecule has 0 aliphatic carbocycles. The number of hydrogen-bond donors (Lipinski definition) is 0. The maximum atomic E-state index is 13.4. The van der Waals surface area contributed by atoms with E-state index in [1.165, 1.54) is 0 Å². The Morgan fingerprint density at radius 3 is 1.67 bits per heavy atom. The number of non-ortho nitro benzene ring substituents is 1. The Balaban J connectivity index is 2.49. The van der Waals surface area contributed by atoms with Gasteiger partial charge >= 0.3 is 10.1 Å². The maximum Gasteiger partial charge on any atom is 0.339 e. The first-order valence-electron chi connectivity index (χ1n) is 5.76. The molecule has 0 aromatic heterocycles. The maximum absolute atomic E-state index is 13.4. The van der Waals surface area contributed by atoms with Crippen LogP contribution >= 0.6 is 0 Å². The molecule has 0 aliphatic rings. The Bertz CT molecular complexity index is 901. The molecule has 2 aromatic rings. The molecule has 0 atom stereocenters. The minimum Gasteiger partial charge on any atom is -0.372 e. The molecule has 0 amide bonds. The summed E-state index contributed by atoms with van der Waals surface area (Å²) in [4.78, 5) is 8.82. The lowest BCUT2D eigenvalue weighted by molar-refractivity contribution is -0.384. The van der Waals surface area contributed by atoms with Gasteiger partial charge in [0.05, 0.1) is 4.92 Å². The molecule has 0 fully saturated rings. The van der Waals surface area contributed by atoms with Gasteiger partial charge in [0, 0.05) is 12.1 Å². The predicted molar refractivity (Wildman–Crippen MR) is 67.1 cm³/mol. The van der Waals surface area contributed by atoms with Crippen LogP contribution in [0.1, 0.15) is 0 Å². The van der Waals surface area contributed by atoms with E-state index in [9.17, 15) is 40.5 Å². The Kier molecular flexibility index (Phi) is 4.42. The van der Waals surface area contributed by atoms with E-state index in [4.69, 9.17) is 0 Å². The van der Waals surface area contributed by atoms with Crippen molar-refractivity contribution in [1.82, 2.24) is 0 Å². The van der Waals surface area contributed by atoms with E-state index in [2.05, 4.69) is 4.18 Å². The molecule has 6 nitrogen and oxygen atoms in total. The highest BCUT2D eigenvalue weighted by molar-refractivity contribution is 7.87. The van der Waals surface area contributed by atoms with E-state index in [0.717, 1.165) is 12.1 Å². The van der Waals surface area contributed by atoms with Gasteiger partial charge in [-0.2, -0.15) is 17.2 Å². The van der Waals surface area contributed by atoms with E-state index in [1.54, 1.807) is 0 Å². The zero-order chi connectivity index (χ0) is 18.2. The van der Waals surface area contributed by atoms with E-state index in [-0.39, 0.29) is 0 Å². The first-order chi connectivity index (χ1) is 11.1. The molecule has 12 heteroatoms. The molecule has 2 rings (SSSR count). The number of rotatable bonds is 4. The van der Waals surface area contributed by atoms with Gasteiger partial charge in [0.2, 0.25) is 34.8 Å². The van der Waals surface area contributed by atoms with Crippen molar-refractivity contribution in [2.45, 2.75) is 4.90 Å². The van der Waals surface area contributed by atoms with Gasteiger partial charge in [0.1, 0.15) is 4.90 Å². The van der Waals surface area contributed by atoms with E-state index in [1.807, 2.05) is 0 Å². The van der Waals surface area contributed by atoms with Crippen molar-refractivity contribution in [2.75, 3.05) is 0 Å². The molecule has 0 heterocycles. The van der Waals surface area contributed by atoms with E-state index < -0.39 is 60.5 Å². The molecule has 0 radical (unpaired) electrons. The van der Waals surface area contributed by atoms with Crippen LogP contribution in [-0.2, 0) is 10.1 Å². The summed E-state index contributed by atoms with van der Waals surface area (Å²) in [6.07, 6.45) is 0.